The van der Waals surface area contributed by atoms with E-state index in [1.165, 1.54) is 11.1 Å². The summed E-state index contributed by atoms with van der Waals surface area (Å²) in [5.74, 6) is 0.729. The Balaban J connectivity index is 1.71. The minimum atomic E-state index is -0.752. The molecule has 2 amide bonds. The Morgan fingerprint density at radius 1 is 1.12 bits per heavy atom. The fourth-order valence-electron chi connectivity index (χ4n) is 2.40. The normalized spacial score (nSPS) is 11.6. The van der Waals surface area contributed by atoms with Gasteiger partial charge in [0.05, 0.1) is 13.2 Å². The lowest BCUT2D eigenvalue weighted by atomic mass is 10.1. The fourth-order valence-corrected chi connectivity index (χ4v) is 2.40. The molecule has 3 N–H and O–H groups in total. The van der Waals surface area contributed by atoms with E-state index >= 15 is 0 Å². The van der Waals surface area contributed by atoms with Crippen LogP contribution in [0.5, 0.6) is 5.75 Å². The minimum absolute atomic E-state index is 0.155. The molecule has 0 saturated heterocycles. The number of hydrogen-bond acceptors (Lipinski definition) is 3. The van der Waals surface area contributed by atoms with Crippen molar-refractivity contribution in [3.8, 4) is 5.75 Å². The van der Waals surface area contributed by atoms with Crippen LogP contribution in [-0.4, -0.2) is 31.3 Å². The summed E-state index contributed by atoms with van der Waals surface area (Å²) < 4.78 is 5.07. The van der Waals surface area contributed by atoms with Crippen molar-refractivity contribution in [1.82, 2.24) is 10.6 Å². The van der Waals surface area contributed by atoms with Gasteiger partial charge in [-0.15, -0.1) is 0 Å². The highest BCUT2D eigenvalue weighted by Crippen LogP contribution is 2.16. The summed E-state index contributed by atoms with van der Waals surface area (Å²) in [6, 6.07) is 14.9. The first-order chi connectivity index (χ1) is 11.6. The summed E-state index contributed by atoms with van der Waals surface area (Å²) in [5, 5.41) is 15.6. The molecule has 0 fully saturated rings. The quantitative estimate of drug-likeness (QED) is 0.731. The molecule has 1 unspecified atom stereocenters. The molecule has 0 aliphatic heterocycles. The van der Waals surface area contributed by atoms with E-state index in [0.29, 0.717) is 6.54 Å². The highest BCUT2D eigenvalue weighted by Gasteiger charge is 2.09. The van der Waals surface area contributed by atoms with Gasteiger partial charge in [0.2, 0.25) is 0 Å². The van der Waals surface area contributed by atoms with E-state index in [0.717, 1.165) is 17.7 Å². The Kier molecular flexibility index (Phi) is 6.63. The van der Waals surface area contributed by atoms with Gasteiger partial charge >= 0.3 is 6.03 Å². The zero-order chi connectivity index (χ0) is 17.4. The van der Waals surface area contributed by atoms with Crippen molar-refractivity contribution >= 4 is 6.03 Å². The topological polar surface area (TPSA) is 70.6 Å². The zero-order valence-electron chi connectivity index (χ0n) is 14.1. The maximum atomic E-state index is 11.8. The van der Waals surface area contributed by atoms with Crippen LogP contribution < -0.4 is 15.4 Å². The number of aliphatic hydroxyl groups excluding tert-OH is 1. The number of methoxy groups -OCH3 is 1. The predicted octanol–water partition coefficient (Wildman–Crippen LogP) is 2.58. The molecule has 0 saturated carbocycles. The van der Waals surface area contributed by atoms with E-state index in [4.69, 9.17) is 4.74 Å². The average molecular weight is 328 g/mol. The summed E-state index contributed by atoms with van der Waals surface area (Å²) in [5.41, 5.74) is 3.17. The molecule has 0 heterocycles. The monoisotopic (exact) mass is 328 g/mol. The van der Waals surface area contributed by atoms with Crippen molar-refractivity contribution in [2.75, 3.05) is 20.2 Å². The molecular weight excluding hydrogens is 304 g/mol. The Morgan fingerprint density at radius 2 is 1.83 bits per heavy atom. The van der Waals surface area contributed by atoms with Crippen LogP contribution in [0.15, 0.2) is 48.5 Å². The van der Waals surface area contributed by atoms with Crippen molar-refractivity contribution in [3.63, 3.8) is 0 Å². The summed E-state index contributed by atoms with van der Waals surface area (Å²) in [7, 11) is 1.59. The zero-order valence-corrected chi connectivity index (χ0v) is 14.1. The highest BCUT2D eigenvalue weighted by molar-refractivity contribution is 5.73. The lowest BCUT2D eigenvalue weighted by molar-refractivity contribution is 0.173. The molecule has 0 aromatic heterocycles. The molecule has 0 bridgehead atoms. The Morgan fingerprint density at radius 3 is 2.50 bits per heavy atom. The molecule has 2 aromatic carbocycles. The number of amides is 2. The third kappa shape index (κ3) is 5.28. The standard InChI is InChI=1S/C19H24N2O3/c1-14-5-3-4-6-15(14)11-12-20-19(23)21-13-18(22)16-7-9-17(24-2)10-8-16/h3-10,18,22H,11-13H2,1-2H3,(H2,20,21,23). The van der Waals surface area contributed by atoms with Gasteiger partial charge in [0.25, 0.3) is 0 Å². The van der Waals surface area contributed by atoms with E-state index in [2.05, 4.69) is 29.7 Å². The van der Waals surface area contributed by atoms with E-state index in [9.17, 15) is 9.90 Å². The molecule has 0 aliphatic carbocycles. The van der Waals surface area contributed by atoms with Crippen molar-refractivity contribution < 1.29 is 14.6 Å². The molecule has 0 aliphatic rings. The lowest BCUT2D eigenvalue weighted by Crippen LogP contribution is -2.38. The van der Waals surface area contributed by atoms with Crippen molar-refractivity contribution in [2.24, 2.45) is 0 Å². The summed E-state index contributed by atoms with van der Waals surface area (Å²) in [4.78, 5) is 11.8. The maximum absolute atomic E-state index is 11.8. The molecule has 5 nitrogen and oxygen atoms in total. The van der Waals surface area contributed by atoms with E-state index < -0.39 is 6.10 Å². The number of urea groups is 1. The highest BCUT2D eigenvalue weighted by atomic mass is 16.5. The number of rotatable bonds is 7. The van der Waals surface area contributed by atoms with E-state index in [1.807, 2.05) is 12.1 Å². The van der Waals surface area contributed by atoms with Crippen LogP contribution >= 0.6 is 0 Å². The first-order valence-corrected chi connectivity index (χ1v) is 7.98. The molecule has 128 valence electrons. The third-order valence-electron chi connectivity index (χ3n) is 3.90. The van der Waals surface area contributed by atoms with Gasteiger partial charge in [-0.2, -0.15) is 0 Å². The lowest BCUT2D eigenvalue weighted by Gasteiger charge is -2.13. The van der Waals surface area contributed by atoms with Crippen LogP contribution in [0.1, 0.15) is 22.8 Å². The summed E-state index contributed by atoms with van der Waals surface area (Å²) >= 11 is 0. The van der Waals surface area contributed by atoms with Crippen molar-refractivity contribution in [2.45, 2.75) is 19.4 Å². The predicted molar refractivity (Wildman–Crippen MR) is 94.2 cm³/mol. The molecule has 2 aromatic rings. The van der Waals surface area contributed by atoms with Crippen LogP contribution in [0.3, 0.4) is 0 Å². The first-order valence-electron chi connectivity index (χ1n) is 7.98. The number of benzene rings is 2. The molecule has 24 heavy (non-hydrogen) atoms. The van der Waals surface area contributed by atoms with Gasteiger partial charge in [-0.25, -0.2) is 4.79 Å². The van der Waals surface area contributed by atoms with Crippen LogP contribution in [0.25, 0.3) is 0 Å². The first kappa shape index (κ1) is 17.8. The molecular formula is C19H24N2O3. The molecule has 2 rings (SSSR count). The Hall–Kier alpha value is -2.53. The maximum Gasteiger partial charge on any atom is 0.314 e. The number of aliphatic hydroxyl groups is 1. The SMILES string of the molecule is COc1ccc(C(O)CNC(=O)NCCc2ccccc2C)cc1. The number of ether oxygens (including phenoxy) is 1. The van der Waals surface area contributed by atoms with Gasteiger partial charge < -0.3 is 20.5 Å². The van der Waals surface area contributed by atoms with Gasteiger partial charge in [0, 0.05) is 13.1 Å². The van der Waals surface area contributed by atoms with Crippen LogP contribution in [-0.2, 0) is 6.42 Å². The summed E-state index contributed by atoms with van der Waals surface area (Å²) in [6.45, 7) is 2.76. The third-order valence-corrected chi connectivity index (χ3v) is 3.90. The van der Waals surface area contributed by atoms with E-state index in [-0.39, 0.29) is 12.6 Å². The molecule has 0 radical (unpaired) electrons. The fraction of sp³-hybridized carbons (Fsp3) is 0.316. The van der Waals surface area contributed by atoms with Crippen LogP contribution in [0.4, 0.5) is 4.79 Å². The van der Waals surface area contributed by atoms with Gasteiger partial charge in [0.15, 0.2) is 0 Å². The van der Waals surface area contributed by atoms with Crippen LogP contribution in [0.2, 0.25) is 0 Å². The minimum Gasteiger partial charge on any atom is -0.497 e. The van der Waals surface area contributed by atoms with Crippen LogP contribution in [0, 0.1) is 6.92 Å². The van der Waals surface area contributed by atoms with Gasteiger partial charge in [-0.1, -0.05) is 36.4 Å². The number of hydrogen-bond donors (Lipinski definition) is 3. The average Bonchev–Trinajstić information content (AvgIpc) is 2.61. The number of aryl methyl sites for hydroxylation is 1. The van der Waals surface area contributed by atoms with Crippen molar-refractivity contribution in [1.29, 1.82) is 0 Å². The van der Waals surface area contributed by atoms with Gasteiger partial charge in [0.1, 0.15) is 5.75 Å². The second-order valence-corrected chi connectivity index (χ2v) is 5.60. The van der Waals surface area contributed by atoms with E-state index in [1.54, 1.807) is 31.4 Å². The smallest absolute Gasteiger partial charge is 0.314 e. The van der Waals surface area contributed by atoms with Gasteiger partial charge in [-0.3, -0.25) is 0 Å². The largest absolute Gasteiger partial charge is 0.497 e. The number of carbonyl (C=O) groups excluding carboxylic acids is 1. The molecule has 1 atom stereocenters. The van der Waals surface area contributed by atoms with Gasteiger partial charge in [-0.05, 0) is 42.2 Å². The second-order valence-electron chi connectivity index (χ2n) is 5.60. The Bertz CT molecular complexity index is 656. The molecule has 0 spiro atoms. The Labute approximate surface area is 142 Å². The molecule has 5 heteroatoms. The number of nitrogens with one attached hydrogen (secondary N) is 2. The second kappa shape index (κ2) is 8.93. The number of carbonyl (C=O) groups is 1. The van der Waals surface area contributed by atoms with Crippen molar-refractivity contribution in [3.05, 3.63) is 65.2 Å². The summed E-state index contributed by atoms with van der Waals surface area (Å²) in [6.07, 6.45) is 0.0271.